The molecule has 20 heavy (non-hydrogen) atoms. The van der Waals surface area contributed by atoms with E-state index in [2.05, 4.69) is 4.72 Å². The van der Waals surface area contributed by atoms with Crippen molar-refractivity contribution in [2.24, 2.45) is 0 Å². The fourth-order valence-corrected chi connectivity index (χ4v) is 2.56. The number of Topliss-reactive ketones (excluding diaryl/α,β-unsaturated/α-hetero) is 1. The van der Waals surface area contributed by atoms with Gasteiger partial charge < -0.3 is 4.74 Å². The number of carbonyl (C=O) groups is 2. The predicted molar refractivity (Wildman–Crippen MR) is 72.9 cm³/mol. The van der Waals surface area contributed by atoms with Crippen LogP contribution in [0.4, 0.5) is 0 Å². The first kappa shape index (κ1) is 16.3. The summed E-state index contributed by atoms with van der Waals surface area (Å²) in [5.74, 6) is -0.679. The molecule has 0 atom stereocenters. The van der Waals surface area contributed by atoms with Crippen molar-refractivity contribution in [1.82, 2.24) is 4.72 Å². The summed E-state index contributed by atoms with van der Waals surface area (Å²) in [6.45, 7) is 3.24. The summed E-state index contributed by atoms with van der Waals surface area (Å²) in [4.78, 5) is 22.3. The Labute approximate surface area is 118 Å². The molecule has 1 N–H and O–H groups in total. The van der Waals surface area contributed by atoms with Gasteiger partial charge in [-0.05, 0) is 26.0 Å². The van der Waals surface area contributed by atoms with E-state index in [4.69, 9.17) is 4.74 Å². The zero-order chi connectivity index (χ0) is 15.2. The first-order valence-corrected chi connectivity index (χ1v) is 7.61. The number of nitrogens with one attached hydrogen (secondary N) is 1. The predicted octanol–water partition coefficient (Wildman–Crippen LogP) is 1.12. The fourth-order valence-electron chi connectivity index (χ4n) is 1.49. The van der Waals surface area contributed by atoms with Crippen molar-refractivity contribution >= 4 is 21.8 Å². The molecule has 110 valence electrons. The third kappa shape index (κ3) is 4.75. The fraction of sp³-hybridized carbons (Fsp3) is 0.385. The van der Waals surface area contributed by atoms with Crippen molar-refractivity contribution in [3.05, 3.63) is 29.8 Å². The van der Waals surface area contributed by atoms with Gasteiger partial charge in [-0.3, -0.25) is 9.59 Å². The highest BCUT2D eigenvalue weighted by atomic mass is 32.2. The van der Waals surface area contributed by atoms with E-state index in [9.17, 15) is 18.0 Å². The molecule has 0 aliphatic carbocycles. The molecule has 0 amide bonds. The molecule has 6 nitrogen and oxygen atoms in total. The molecule has 0 aliphatic heterocycles. The van der Waals surface area contributed by atoms with E-state index >= 15 is 0 Å². The van der Waals surface area contributed by atoms with Crippen LogP contribution in [0.1, 0.15) is 30.6 Å². The van der Waals surface area contributed by atoms with E-state index in [-0.39, 0.29) is 30.3 Å². The Bertz CT molecular complexity index is 595. The number of sulfonamides is 1. The molecule has 7 heteroatoms. The summed E-state index contributed by atoms with van der Waals surface area (Å²) in [6.07, 6.45) is -0.0422. The number of benzene rings is 1. The Balaban J connectivity index is 2.72. The molecule has 0 aromatic heterocycles. The zero-order valence-corrected chi connectivity index (χ0v) is 12.2. The van der Waals surface area contributed by atoms with Crippen molar-refractivity contribution in [2.45, 2.75) is 25.2 Å². The average molecular weight is 299 g/mol. The highest BCUT2D eigenvalue weighted by Crippen LogP contribution is 2.11. The Hall–Kier alpha value is -1.73. The van der Waals surface area contributed by atoms with Crippen molar-refractivity contribution in [2.75, 3.05) is 13.2 Å². The molecule has 0 fully saturated rings. The van der Waals surface area contributed by atoms with Crippen LogP contribution >= 0.6 is 0 Å². The van der Waals surface area contributed by atoms with Gasteiger partial charge in [-0.25, -0.2) is 13.1 Å². The minimum Gasteiger partial charge on any atom is -0.466 e. The van der Waals surface area contributed by atoms with Crippen LogP contribution in [0.2, 0.25) is 0 Å². The van der Waals surface area contributed by atoms with Crippen LogP contribution in [0.3, 0.4) is 0 Å². The number of esters is 1. The molecule has 0 unspecified atom stereocenters. The number of ketones is 1. The van der Waals surface area contributed by atoms with Crippen molar-refractivity contribution in [3.8, 4) is 0 Å². The maximum Gasteiger partial charge on any atom is 0.307 e. The lowest BCUT2D eigenvalue weighted by molar-refractivity contribution is -0.142. The van der Waals surface area contributed by atoms with Gasteiger partial charge in [0, 0.05) is 12.1 Å². The SMILES string of the molecule is CCOC(=O)CCNS(=O)(=O)c1cccc(C(C)=O)c1. The molecule has 0 aliphatic rings. The van der Waals surface area contributed by atoms with E-state index in [0.717, 1.165) is 0 Å². The summed E-state index contributed by atoms with van der Waals surface area (Å²) in [5.41, 5.74) is 0.318. The van der Waals surface area contributed by atoms with Gasteiger partial charge in [0.25, 0.3) is 0 Å². The second-order valence-corrected chi connectivity index (χ2v) is 5.80. The standard InChI is InChI=1S/C13H17NO5S/c1-3-19-13(16)7-8-14-20(17,18)12-6-4-5-11(9-12)10(2)15/h4-6,9,14H,3,7-8H2,1-2H3. The maximum absolute atomic E-state index is 12.0. The van der Waals surface area contributed by atoms with Gasteiger partial charge in [0.15, 0.2) is 5.78 Å². The lowest BCUT2D eigenvalue weighted by Gasteiger charge is -2.07. The summed E-state index contributed by atoms with van der Waals surface area (Å²) in [7, 11) is -3.74. The van der Waals surface area contributed by atoms with Crippen LogP contribution in [0.15, 0.2) is 29.2 Å². The second-order valence-electron chi connectivity index (χ2n) is 4.04. The van der Waals surface area contributed by atoms with E-state index in [1.54, 1.807) is 13.0 Å². The maximum atomic E-state index is 12.0. The van der Waals surface area contributed by atoms with Gasteiger partial charge in [-0.2, -0.15) is 0 Å². The Morgan fingerprint density at radius 2 is 2.00 bits per heavy atom. The van der Waals surface area contributed by atoms with E-state index in [0.29, 0.717) is 5.56 Å². The normalized spacial score (nSPS) is 11.1. The number of rotatable bonds is 7. The Morgan fingerprint density at radius 1 is 1.30 bits per heavy atom. The van der Waals surface area contributed by atoms with Crippen LogP contribution in [0.25, 0.3) is 0 Å². The minimum absolute atomic E-state index is 0.00550. The first-order chi connectivity index (χ1) is 9.36. The van der Waals surface area contributed by atoms with Crippen LogP contribution < -0.4 is 4.72 Å². The van der Waals surface area contributed by atoms with Gasteiger partial charge in [0.1, 0.15) is 0 Å². The molecule has 1 aromatic rings. The average Bonchev–Trinajstić information content (AvgIpc) is 2.39. The third-order valence-corrected chi connectivity index (χ3v) is 3.94. The summed E-state index contributed by atoms with van der Waals surface area (Å²) < 4.78 is 30.9. The van der Waals surface area contributed by atoms with E-state index in [1.165, 1.54) is 25.1 Å². The van der Waals surface area contributed by atoms with Crippen molar-refractivity contribution < 1.29 is 22.7 Å². The van der Waals surface area contributed by atoms with Gasteiger partial charge in [0.2, 0.25) is 10.0 Å². The smallest absolute Gasteiger partial charge is 0.307 e. The van der Waals surface area contributed by atoms with Crippen molar-refractivity contribution in [1.29, 1.82) is 0 Å². The number of hydrogen-bond acceptors (Lipinski definition) is 5. The molecule has 0 saturated heterocycles. The molecule has 0 spiro atoms. The van der Waals surface area contributed by atoms with Gasteiger partial charge in [-0.15, -0.1) is 0 Å². The Kier molecular flexibility index (Phi) is 5.84. The van der Waals surface area contributed by atoms with Gasteiger partial charge in [-0.1, -0.05) is 12.1 Å². The monoisotopic (exact) mass is 299 g/mol. The molecule has 0 heterocycles. The highest BCUT2D eigenvalue weighted by Gasteiger charge is 2.15. The quantitative estimate of drug-likeness (QED) is 0.602. The van der Waals surface area contributed by atoms with E-state index < -0.39 is 16.0 Å². The third-order valence-electron chi connectivity index (χ3n) is 2.48. The van der Waals surface area contributed by atoms with Crippen LogP contribution in [-0.2, 0) is 19.6 Å². The molecule has 1 aromatic carbocycles. The summed E-state index contributed by atoms with van der Waals surface area (Å²) in [6, 6.07) is 5.73. The lowest BCUT2D eigenvalue weighted by Crippen LogP contribution is -2.27. The minimum atomic E-state index is -3.74. The van der Waals surface area contributed by atoms with Gasteiger partial charge in [0.05, 0.1) is 17.9 Å². The van der Waals surface area contributed by atoms with Crippen LogP contribution in [0, 0.1) is 0 Å². The molecule has 0 saturated carbocycles. The lowest BCUT2D eigenvalue weighted by atomic mass is 10.2. The molecular weight excluding hydrogens is 282 g/mol. The molecule has 1 rings (SSSR count). The molecule has 0 bridgehead atoms. The van der Waals surface area contributed by atoms with Crippen LogP contribution in [0.5, 0.6) is 0 Å². The zero-order valence-electron chi connectivity index (χ0n) is 11.4. The molecular formula is C13H17NO5S. The second kappa shape index (κ2) is 7.16. The number of ether oxygens (including phenoxy) is 1. The number of carbonyl (C=O) groups excluding carboxylic acids is 2. The largest absolute Gasteiger partial charge is 0.466 e. The Morgan fingerprint density at radius 3 is 2.60 bits per heavy atom. The van der Waals surface area contributed by atoms with Crippen molar-refractivity contribution in [3.63, 3.8) is 0 Å². The van der Waals surface area contributed by atoms with Crippen LogP contribution in [-0.4, -0.2) is 33.3 Å². The van der Waals surface area contributed by atoms with E-state index in [1.807, 2.05) is 0 Å². The van der Waals surface area contributed by atoms with Gasteiger partial charge >= 0.3 is 5.97 Å². The first-order valence-electron chi connectivity index (χ1n) is 6.13. The molecule has 0 radical (unpaired) electrons. The highest BCUT2D eigenvalue weighted by molar-refractivity contribution is 7.89. The summed E-state index contributed by atoms with van der Waals surface area (Å²) >= 11 is 0. The summed E-state index contributed by atoms with van der Waals surface area (Å²) in [5, 5.41) is 0. The number of hydrogen-bond donors (Lipinski definition) is 1. The topological polar surface area (TPSA) is 89.5 Å².